The molecule has 0 atom stereocenters. The molecule has 0 radical (unpaired) electrons. The van der Waals surface area contributed by atoms with Gasteiger partial charge in [-0.1, -0.05) is 0 Å². The van der Waals surface area contributed by atoms with E-state index in [2.05, 4.69) is 20.3 Å². The zero-order valence-corrected chi connectivity index (χ0v) is 16.3. The highest BCUT2D eigenvalue weighted by Gasteiger charge is 2.31. The molecule has 2 amide bonds. The molecule has 3 heterocycles. The number of nitrogens with one attached hydrogen (secondary N) is 1. The van der Waals surface area contributed by atoms with Gasteiger partial charge in [0.25, 0.3) is 0 Å². The molecule has 1 aliphatic rings. The van der Waals surface area contributed by atoms with Gasteiger partial charge >= 0.3 is 6.03 Å². The lowest BCUT2D eigenvalue weighted by Crippen LogP contribution is -2.52. The number of aryl methyl sites for hydroxylation is 1. The number of carbonyl (C=O) groups is 1. The Morgan fingerprint density at radius 3 is 2.73 bits per heavy atom. The molecular formula is C21H20F2N6O. The first-order valence-electron chi connectivity index (χ1n) is 9.44. The highest BCUT2D eigenvalue weighted by molar-refractivity contribution is 5.92. The number of rotatable bonds is 4. The molecule has 1 aliphatic heterocycles. The molecule has 30 heavy (non-hydrogen) atoms. The van der Waals surface area contributed by atoms with Crippen LogP contribution in [0.5, 0.6) is 0 Å². The van der Waals surface area contributed by atoms with Crippen LogP contribution in [0.3, 0.4) is 0 Å². The van der Waals surface area contributed by atoms with Crippen LogP contribution >= 0.6 is 0 Å². The molecular weight excluding hydrogens is 390 g/mol. The quantitative estimate of drug-likeness (QED) is 0.687. The molecule has 1 fully saturated rings. The van der Waals surface area contributed by atoms with Crippen molar-refractivity contribution < 1.29 is 13.6 Å². The van der Waals surface area contributed by atoms with Crippen molar-refractivity contribution in [1.29, 1.82) is 0 Å². The number of pyridine rings is 1. The summed E-state index contributed by atoms with van der Waals surface area (Å²) in [4.78, 5) is 26.8. The second-order valence-electron chi connectivity index (χ2n) is 7.31. The smallest absolute Gasteiger partial charge is 0.323 e. The Morgan fingerprint density at radius 1 is 1.20 bits per heavy atom. The second-order valence-corrected chi connectivity index (χ2v) is 7.31. The van der Waals surface area contributed by atoms with E-state index in [0.717, 1.165) is 29.9 Å². The first-order valence-corrected chi connectivity index (χ1v) is 9.44. The van der Waals surface area contributed by atoms with Crippen LogP contribution in [0.2, 0.25) is 0 Å². The number of hydrogen-bond donors (Lipinski definition) is 2. The number of nitrogen functional groups attached to an aromatic ring is 1. The highest BCUT2D eigenvalue weighted by atomic mass is 19.1. The first-order chi connectivity index (χ1) is 14.4. The van der Waals surface area contributed by atoms with Crippen molar-refractivity contribution in [3.63, 3.8) is 0 Å². The van der Waals surface area contributed by atoms with Gasteiger partial charge in [-0.3, -0.25) is 5.32 Å². The minimum atomic E-state index is -0.741. The largest absolute Gasteiger partial charge is 0.396 e. The Bertz CT molecular complexity index is 1100. The van der Waals surface area contributed by atoms with E-state index in [-0.39, 0.29) is 28.8 Å². The highest BCUT2D eigenvalue weighted by Crippen LogP contribution is 2.27. The van der Waals surface area contributed by atoms with Gasteiger partial charge < -0.3 is 10.6 Å². The van der Waals surface area contributed by atoms with Crippen LogP contribution < -0.4 is 11.1 Å². The standard InChI is InChI=1S/C21H20F2N6O/c1-12-6-15(26-11-25-12)7-13-9-29(10-13)21(30)28-20-18(24)4-5-19(27-20)16-3-2-14(22)8-17(16)23/h2-6,8,11,13H,7,9-10,24H2,1H3,(H,27,28,30). The Hall–Kier alpha value is -3.62. The lowest BCUT2D eigenvalue weighted by atomic mass is 9.95. The maximum atomic E-state index is 14.1. The maximum Gasteiger partial charge on any atom is 0.323 e. The van der Waals surface area contributed by atoms with E-state index >= 15 is 0 Å². The van der Waals surface area contributed by atoms with Crippen molar-refractivity contribution in [1.82, 2.24) is 19.9 Å². The number of nitrogens with two attached hydrogens (primary N) is 1. The van der Waals surface area contributed by atoms with Crippen molar-refractivity contribution in [3.05, 3.63) is 65.7 Å². The first kappa shape index (κ1) is 19.7. The van der Waals surface area contributed by atoms with Crippen LogP contribution in [0.25, 0.3) is 11.3 Å². The fraction of sp³-hybridized carbons (Fsp3) is 0.238. The van der Waals surface area contributed by atoms with Crippen molar-refractivity contribution in [2.24, 2.45) is 5.92 Å². The van der Waals surface area contributed by atoms with Gasteiger partial charge in [0.1, 0.15) is 18.0 Å². The van der Waals surface area contributed by atoms with Gasteiger partial charge in [0.2, 0.25) is 0 Å². The topological polar surface area (TPSA) is 97.0 Å². The van der Waals surface area contributed by atoms with Gasteiger partial charge in [-0.2, -0.15) is 0 Å². The van der Waals surface area contributed by atoms with Crippen molar-refractivity contribution in [2.45, 2.75) is 13.3 Å². The molecule has 4 rings (SSSR count). The lowest BCUT2D eigenvalue weighted by Gasteiger charge is -2.39. The van der Waals surface area contributed by atoms with E-state index in [1.165, 1.54) is 18.2 Å². The molecule has 0 spiro atoms. The summed E-state index contributed by atoms with van der Waals surface area (Å²) < 4.78 is 27.2. The van der Waals surface area contributed by atoms with Crippen LogP contribution in [0.15, 0.2) is 42.7 Å². The summed E-state index contributed by atoms with van der Waals surface area (Å²) in [5, 5.41) is 2.68. The van der Waals surface area contributed by atoms with Gasteiger partial charge in [0.15, 0.2) is 5.82 Å². The van der Waals surface area contributed by atoms with Crippen molar-refractivity contribution >= 4 is 17.5 Å². The fourth-order valence-electron chi connectivity index (χ4n) is 3.38. The number of carbonyl (C=O) groups excluding carboxylic acids is 1. The number of anilines is 2. The second kappa shape index (κ2) is 8.02. The molecule has 0 saturated carbocycles. The zero-order chi connectivity index (χ0) is 21.3. The summed E-state index contributed by atoms with van der Waals surface area (Å²) in [5.41, 5.74) is 8.40. The molecule has 3 aromatic rings. The van der Waals surface area contributed by atoms with E-state index < -0.39 is 11.6 Å². The van der Waals surface area contributed by atoms with Gasteiger partial charge in [-0.25, -0.2) is 28.5 Å². The Kier molecular flexibility index (Phi) is 5.26. The number of nitrogens with zero attached hydrogens (tertiary/aromatic N) is 4. The minimum absolute atomic E-state index is 0.121. The Morgan fingerprint density at radius 2 is 2.00 bits per heavy atom. The molecule has 0 aliphatic carbocycles. The number of aromatic nitrogens is 3. The fourth-order valence-corrected chi connectivity index (χ4v) is 3.38. The summed E-state index contributed by atoms with van der Waals surface area (Å²) >= 11 is 0. The molecule has 3 N–H and O–H groups in total. The normalized spacial score (nSPS) is 13.8. The SMILES string of the molecule is Cc1cc(CC2CN(C(=O)Nc3nc(-c4ccc(F)cc4F)ccc3N)C2)ncn1. The lowest BCUT2D eigenvalue weighted by molar-refractivity contribution is 0.130. The van der Waals surface area contributed by atoms with Crippen LogP contribution in [0.4, 0.5) is 25.1 Å². The third-order valence-electron chi connectivity index (χ3n) is 4.96. The molecule has 2 aromatic heterocycles. The van der Waals surface area contributed by atoms with Crippen molar-refractivity contribution in [3.8, 4) is 11.3 Å². The third kappa shape index (κ3) is 4.19. The third-order valence-corrected chi connectivity index (χ3v) is 4.96. The molecule has 1 saturated heterocycles. The van der Waals surface area contributed by atoms with Crippen LogP contribution in [0.1, 0.15) is 11.4 Å². The summed E-state index contributed by atoms with van der Waals surface area (Å²) in [6, 6.07) is 7.87. The van der Waals surface area contributed by atoms with E-state index in [9.17, 15) is 13.6 Å². The Labute approximate surface area is 172 Å². The summed E-state index contributed by atoms with van der Waals surface area (Å²) in [6.07, 6.45) is 2.31. The Balaban J connectivity index is 1.40. The number of urea groups is 1. The maximum absolute atomic E-state index is 14.1. The van der Waals surface area contributed by atoms with Crippen LogP contribution in [-0.2, 0) is 6.42 Å². The van der Waals surface area contributed by atoms with E-state index in [4.69, 9.17) is 5.73 Å². The molecule has 9 heteroatoms. The van der Waals surface area contributed by atoms with Gasteiger partial charge in [-0.15, -0.1) is 0 Å². The van der Waals surface area contributed by atoms with Crippen LogP contribution in [0, 0.1) is 24.5 Å². The van der Waals surface area contributed by atoms with E-state index in [0.29, 0.717) is 19.0 Å². The number of halogens is 2. The summed E-state index contributed by atoms with van der Waals surface area (Å²) in [6.45, 7) is 3.08. The van der Waals surface area contributed by atoms with Gasteiger partial charge in [-0.05, 0) is 49.6 Å². The average Bonchev–Trinajstić information content (AvgIpc) is 2.66. The average molecular weight is 410 g/mol. The monoisotopic (exact) mass is 410 g/mol. The van der Waals surface area contributed by atoms with Gasteiger partial charge in [0.05, 0.1) is 11.4 Å². The number of amides is 2. The molecule has 154 valence electrons. The van der Waals surface area contributed by atoms with Crippen molar-refractivity contribution in [2.75, 3.05) is 24.1 Å². The summed E-state index contributed by atoms with van der Waals surface area (Å²) in [7, 11) is 0. The molecule has 1 aromatic carbocycles. The minimum Gasteiger partial charge on any atom is -0.396 e. The number of benzene rings is 1. The molecule has 7 nitrogen and oxygen atoms in total. The number of likely N-dealkylation sites (tertiary alicyclic amines) is 1. The molecule has 0 bridgehead atoms. The predicted molar refractivity (Wildman–Crippen MR) is 109 cm³/mol. The summed E-state index contributed by atoms with van der Waals surface area (Å²) in [5.74, 6) is -0.967. The van der Waals surface area contributed by atoms with Gasteiger partial charge in [0, 0.05) is 36.1 Å². The molecule has 0 unspecified atom stereocenters. The van der Waals surface area contributed by atoms with E-state index in [1.807, 2.05) is 13.0 Å². The van der Waals surface area contributed by atoms with E-state index in [1.54, 1.807) is 11.2 Å². The predicted octanol–water partition coefficient (Wildman–Crippen LogP) is 3.41. The van der Waals surface area contributed by atoms with Crippen LogP contribution in [-0.4, -0.2) is 39.0 Å². The number of hydrogen-bond acceptors (Lipinski definition) is 5. The zero-order valence-electron chi connectivity index (χ0n) is 16.3.